The van der Waals surface area contributed by atoms with Crippen molar-refractivity contribution >= 4 is 24.1 Å². The number of nitrogens with zero attached hydrogens (tertiary/aromatic N) is 2. The summed E-state index contributed by atoms with van der Waals surface area (Å²) in [6.07, 6.45) is 2.69. The van der Waals surface area contributed by atoms with Gasteiger partial charge in [-0.25, -0.2) is 0 Å². The number of carbonyl (C=O) groups excluding carboxylic acids is 1. The lowest BCUT2D eigenvalue weighted by Crippen LogP contribution is -2.35. The highest BCUT2D eigenvalue weighted by molar-refractivity contribution is 5.94. The number of hydrogen-bond donors (Lipinski definition) is 2. The third kappa shape index (κ3) is 2.54. The molecule has 5 nitrogen and oxygen atoms in total. The number of amides is 1. The van der Waals surface area contributed by atoms with Gasteiger partial charge in [-0.2, -0.15) is 5.10 Å². The highest BCUT2D eigenvalue weighted by Crippen LogP contribution is 2.25. The Kier molecular flexibility index (Phi) is 3.93. The molecule has 90 valence electrons. The van der Waals surface area contributed by atoms with Crippen LogP contribution < -0.4 is 10.6 Å². The summed E-state index contributed by atoms with van der Waals surface area (Å²) in [4.78, 5) is 11.9. The average molecular weight is 245 g/mol. The second-order valence-electron chi connectivity index (χ2n) is 4.32. The summed E-state index contributed by atoms with van der Waals surface area (Å²) < 4.78 is 1.67. The molecule has 0 saturated carbocycles. The third-order valence-electron chi connectivity index (χ3n) is 2.87. The van der Waals surface area contributed by atoms with E-state index in [1.807, 2.05) is 20.2 Å². The Bertz CT molecular complexity index is 371. The lowest BCUT2D eigenvalue weighted by Gasteiger charge is -2.20. The monoisotopic (exact) mass is 244 g/mol. The molecule has 2 heterocycles. The standard InChI is InChI=1S/C10H16N4O.ClH/c1-10(4-5-11-7-10)9(15)12-8-3-6-14(2)13-8;/h3,6,11H,4-5,7H2,1-2H3,(H,12,13,15);1H. The molecule has 16 heavy (non-hydrogen) atoms. The Balaban J connectivity index is 0.00000128. The Hall–Kier alpha value is -1.07. The fraction of sp³-hybridized carbons (Fsp3) is 0.600. The van der Waals surface area contributed by atoms with E-state index < -0.39 is 0 Å². The first-order valence-corrected chi connectivity index (χ1v) is 5.12. The van der Waals surface area contributed by atoms with Gasteiger partial charge in [0.25, 0.3) is 0 Å². The molecule has 1 aromatic heterocycles. The van der Waals surface area contributed by atoms with Crippen molar-refractivity contribution in [2.24, 2.45) is 12.5 Å². The van der Waals surface area contributed by atoms with Gasteiger partial charge in [0.05, 0.1) is 5.41 Å². The van der Waals surface area contributed by atoms with E-state index >= 15 is 0 Å². The van der Waals surface area contributed by atoms with Crippen LogP contribution in [0.4, 0.5) is 5.82 Å². The van der Waals surface area contributed by atoms with Gasteiger partial charge >= 0.3 is 0 Å². The zero-order chi connectivity index (χ0) is 10.9. The van der Waals surface area contributed by atoms with Gasteiger partial charge in [0, 0.05) is 25.9 Å². The van der Waals surface area contributed by atoms with E-state index in [4.69, 9.17) is 0 Å². The van der Waals surface area contributed by atoms with Gasteiger partial charge in [0.2, 0.25) is 5.91 Å². The molecule has 0 spiro atoms. The SMILES string of the molecule is Cl.Cn1ccc(NC(=O)C2(C)CCNC2)n1. The minimum Gasteiger partial charge on any atom is -0.316 e. The van der Waals surface area contributed by atoms with Crippen LogP contribution in [0.25, 0.3) is 0 Å². The topological polar surface area (TPSA) is 59.0 Å². The van der Waals surface area contributed by atoms with E-state index in [0.717, 1.165) is 19.5 Å². The van der Waals surface area contributed by atoms with Crippen molar-refractivity contribution in [2.75, 3.05) is 18.4 Å². The summed E-state index contributed by atoms with van der Waals surface area (Å²) in [7, 11) is 1.83. The lowest BCUT2D eigenvalue weighted by molar-refractivity contribution is -0.123. The van der Waals surface area contributed by atoms with Crippen LogP contribution in [0.1, 0.15) is 13.3 Å². The summed E-state index contributed by atoms with van der Waals surface area (Å²) in [6, 6.07) is 1.80. The minimum atomic E-state index is -0.294. The summed E-state index contributed by atoms with van der Waals surface area (Å²) >= 11 is 0. The fourth-order valence-electron chi connectivity index (χ4n) is 1.76. The van der Waals surface area contributed by atoms with E-state index in [0.29, 0.717) is 5.82 Å². The van der Waals surface area contributed by atoms with Crippen molar-refractivity contribution in [1.82, 2.24) is 15.1 Å². The number of aromatic nitrogens is 2. The number of aryl methyl sites for hydroxylation is 1. The maximum Gasteiger partial charge on any atom is 0.232 e. The molecule has 1 saturated heterocycles. The first kappa shape index (κ1) is 13.0. The minimum absolute atomic E-state index is 0. The Morgan fingerprint density at radius 1 is 1.69 bits per heavy atom. The van der Waals surface area contributed by atoms with Crippen LogP contribution in [0.3, 0.4) is 0 Å². The molecule has 1 aromatic rings. The van der Waals surface area contributed by atoms with Crippen LogP contribution in [-0.2, 0) is 11.8 Å². The van der Waals surface area contributed by atoms with E-state index in [1.54, 1.807) is 10.7 Å². The number of halogens is 1. The molecule has 1 unspecified atom stereocenters. The quantitative estimate of drug-likeness (QED) is 0.809. The van der Waals surface area contributed by atoms with Crippen LogP contribution in [0.15, 0.2) is 12.3 Å². The molecule has 0 aliphatic carbocycles. The van der Waals surface area contributed by atoms with Crippen molar-refractivity contribution < 1.29 is 4.79 Å². The van der Waals surface area contributed by atoms with E-state index in [2.05, 4.69) is 15.7 Å². The maximum atomic E-state index is 11.9. The van der Waals surface area contributed by atoms with Gasteiger partial charge in [-0.15, -0.1) is 12.4 Å². The van der Waals surface area contributed by atoms with Gasteiger partial charge in [-0.1, -0.05) is 0 Å². The van der Waals surface area contributed by atoms with Gasteiger partial charge < -0.3 is 10.6 Å². The Morgan fingerprint density at radius 3 is 2.94 bits per heavy atom. The number of nitrogens with one attached hydrogen (secondary N) is 2. The molecule has 0 radical (unpaired) electrons. The van der Waals surface area contributed by atoms with Crippen LogP contribution >= 0.6 is 12.4 Å². The molecular formula is C10H17ClN4O. The summed E-state index contributed by atoms with van der Waals surface area (Å²) in [5.41, 5.74) is -0.294. The predicted molar refractivity (Wildman–Crippen MR) is 64.7 cm³/mol. The zero-order valence-electron chi connectivity index (χ0n) is 9.49. The lowest BCUT2D eigenvalue weighted by atomic mass is 9.89. The fourth-order valence-corrected chi connectivity index (χ4v) is 1.76. The first-order valence-electron chi connectivity index (χ1n) is 5.12. The van der Waals surface area contributed by atoms with Crippen LogP contribution in [0, 0.1) is 5.41 Å². The second-order valence-corrected chi connectivity index (χ2v) is 4.32. The van der Waals surface area contributed by atoms with Crippen molar-refractivity contribution in [3.8, 4) is 0 Å². The van der Waals surface area contributed by atoms with Gasteiger partial charge in [0.1, 0.15) is 0 Å². The zero-order valence-corrected chi connectivity index (χ0v) is 10.3. The largest absolute Gasteiger partial charge is 0.316 e. The van der Waals surface area contributed by atoms with Crippen molar-refractivity contribution in [2.45, 2.75) is 13.3 Å². The average Bonchev–Trinajstić information content (AvgIpc) is 2.76. The smallest absolute Gasteiger partial charge is 0.232 e. The van der Waals surface area contributed by atoms with Gasteiger partial charge in [-0.3, -0.25) is 9.48 Å². The van der Waals surface area contributed by atoms with Crippen LogP contribution in [0.5, 0.6) is 0 Å². The van der Waals surface area contributed by atoms with Crippen molar-refractivity contribution in [3.63, 3.8) is 0 Å². The highest BCUT2D eigenvalue weighted by Gasteiger charge is 2.36. The second kappa shape index (κ2) is 4.84. The Morgan fingerprint density at radius 2 is 2.44 bits per heavy atom. The molecular weight excluding hydrogens is 228 g/mol. The van der Waals surface area contributed by atoms with Gasteiger partial charge in [0.15, 0.2) is 5.82 Å². The van der Waals surface area contributed by atoms with Crippen LogP contribution in [0.2, 0.25) is 0 Å². The predicted octanol–water partition coefficient (Wildman–Crippen LogP) is 0.780. The summed E-state index contributed by atoms with van der Waals surface area (Å²) in [6.45, 7) is 3.63. The summed E-state index contributed by atoms with van der Waals surface area (Å²) in [5, 5.41) is 10.2. The molecule has 0 aromatic carbocycles. The van der Waals surface area contributed by atoms with E-state index in [9.17, 15) is 4.79 Å². The number of rotatable bonds is 2. The molecule has 1 aliphatic heterocycles. The normalized spacial score (nSPS) is 23.9. The highest BCUT2D eigenvalue weighted by atomic mass is 35.5. The Labute approximate surface area is 101 Å². The molecule has 2 N–H and O–H groups in total. The molecule has 2 rings (SSSR count). The van der Waals surface area contributed by atoms with E-state index in [1.165, 1.54) is 0 Å². The third-order valence-corrected chi connectivity index (χ3v) is 2.87. The molecule has 1 aliphatic rings. The van der Waals surface area contributed by atoms with Crippen molar-refractivity contribution in [1.29, 1.82) is 0 Å². The number of anilines is 1. The summed E-state index contributed by atoms with van der Waals surface area (Å²) in [5.74, 6) is 0.668. The molecule has 1 fully saturated rings. The van der Waals surface area contributed by atoms with Crippen molar-refractivity contribution in [3.05, 3.63) is 12.3 Å². The molecule has 0 bridgehead atoms. The molecule has 1 atom stereocenters. The molecule has 1 amide bonds. The van der Waals surface area contributed by atoms with E-state index in [-0.39, 0.29) is 23.7 Å². The van der Waals surface area contributed by atoms with Gasteiger partial charge in [-0.05, 0) is 19.9 Å². The molecule has 6 heteroatoms. The maximum absolute atomic E-state index is 11.9. The van der Waals surface area contributed by atoms with Crippen LogP contribution in [-0.4, -0.2) is 28.8 Å². The number of hydrogen-bond acceptors (Lipinski definition) is 3. The first-order chi connectivity index (χ1) is 7.10. The number of carbonyl (C=O) groups is 1.